The van der Waals surface area contributed by atoms with Gasteiger partial charge >= 0.3 is 0 Å². The lowest BCUT2D eigenvalue weighted by atomic mass is 9.70. The lowest BCUT2D eigenvalue weighted by Crippen LogP contribution is -2.52. The number of hydrogen-bond acceptors (Lipinski definition) is 7. The highest BCUT2D eigenvalue weighted by Gasteiger charge is 2.39. The van der Waals surface area contributed by atoms with Gasteiger partial charge in [-0.25, -0.2) is 0 Å². The van der Waals surface area contributed by atoms with Gasteiger partial charge < -0.3 is 31.2 Å². The van der Waals surface area contributed by atoms with Crippen LogP contribution in [0.3, 0.4) is 0 Å². The number of benzene rings is 2. The van der Waals surface area contributed by atoms with Gasteiger partial charge in [0.25, 0.3) is 0 Å². The van der Waals surface area contributed by atoms with Crippen LogP contribution in [0.5, 0.6) is 0 Å². The molecule has 3 amide bonds. The molecule has 2 radical (unpaired) electrons. The third-order valence-corrected chi connectivity index (χ3v) is 8.18. The van der Waals surface area contributed by atoms with E-state index in [1.807, 2.05) is 32.0 Å². The molecular formula is C40H63BN4O6. The van der Waals surface area contributed by atoms with Crippen molar-refractivity contribution in [1.82, 2.24) is 10.6 Å². The zero-order chi connectivity index (χ0) is 38.7. The van der Waals surface area contributed by atoms with Crippen molar-refractivity contribution in [2.24, 2.45) is 22.5 Å². The van der Waals surface area contributed by atoms with E-state index in [0.717, 1.165) is 12.8 Å². The van der Waals surface area contributed by atoms with E-state index in [0.29, 0.717) is 56.0 Å². The molecule has 0 saturated carbocycles. The summed E-state index contributed by atoms with van der Waals surface area (Å²) in [5, 5.41) is 8.31. The van der Waals surface area contributed by atoms with Gasteiger partial charge in [-0.1, -0.05) is 89.6 Å². The number of rotatable bonds is 20. The van der Waals surface area contributed by atoms with Gasteiger partial charge in [-0.05, 0) is 94.9 Å². The zero-order valence-corrected chi connectivity index (χ0v) is 32.5. The number of aryl methyl sites for hydroxylation is 1. The summed E-state index contributed by atoms with van der Waals surface area (Å²) in [5.74, 6) is -1.38. The first kappa shape index (κ1) is 45.3. The van der Waals surface area contributed by atoms with Crippen LogP contribution in [0.1, 0.15) is 105 Å². The highest BCUT2D eigenvalue weighted by Crippen LogP contribution is 2.40. The minimum absolute atomic E-state index is 0.0238. The summed E-state index contributed by atoms with van der Waals surface area (Å²) in [5.41, 5.74) is 6.90. The summed E-state index contributed by atoms with van der Waals surface area (Å²) >= 11 is 0. The third kappa shape index (κ3) is 20.7. The number of carbonyl (C=O) groups excluding carboxylic acids is 4. The van der Waals surface area contributed by atoms with E-state index in [1.165, 1.54) is 5.56 Å². The average Bonchev–Trinajstić information content (AvgIpc) is 3.02. The maximum Gasteiger partial charge on any atom is 0.243 e. The van der Waals surface area contributed by atoms with Crippen LogP contribution in [0.4, 0.5) is 10.5 Å². The first-order valence-corrected chi connectivity index (χ1v) is 18.0. The van der Waals surface area contributed by atoms with Gasteiger partial charge in [0.1, 0.15) is 12.6 Å². The topological polar surface area (TPSA) is 149 Å². The van der Waals surface area contributed by atoms with E-state index in [-0.39, 0.29) is 30.1 Å². The number of hydrogen-bond donors (Lipinski definition) is 4. The Morgan fingerprint density at radius 1 is 0.863 bits per heavy atom. The Labute approximate surface area is 308 Å². The van der Waals surface area contributed by atoms with Crippen LogP contribution in [-0.4, -0.2) is 62.8 Å². The molecule has 0 aliphatic rings. The fourth-order valence-electron chi connectivity index (χ4n) is 6.10. The molecule has 5 N–H and O–H groups in total. The van der Waals surface area contributed by atoms with E-state index in [4.69, 9.17) is 23.1 Å². The van der Waals surface area contributed by atoms with Gasteiger partial charge in [-0.15, -0.1) is 0 Å². The SMILES string of the molecule is Cc1ccccc1.[B]C(=O)OCc1ccc(NC(=O)CNC(=O)[C@H](CCCCN)NC(=O)C(C)(C)CC(C)(C)CC(C)(C)OCCC(C)C)cc1. The molecule has 0 spiro atoms. The summed E-state index contributed by atoms with van der Waals surface area (Å²) in [4.78, 5) is 50.0. The molecule has 2 rings (SSSR count). The Hall–Kier alpha value is -3.70. The van der Waals surface area contributed by atoms with Crippen LogP contribution in [0.15, 0.2) is 54.6 Å². The van der Waals surface area contributed by atoms with Gasteiger partial charge in [0.05, 0.1) is 12.1 Å². The standard InChI is InChI=1S/C33H55BN4O6.C7H8/c1-23(2)16-18-44-33(7,8)22-31(3,4)21-32(5,6)29(41)38-26(11-9-10-17-35)28(40)36-19-27(39)37-25-14-12-24(13-15-25)20-43-30(34)42;1-7-5-3-2-4-6-7/h12-15,23,26H,9-11,16-22,35H2,1-8H3,(H,36,40)(H,37,39)(H,38,41);2-6H,1H3/t26-;/m0./s1. The molecule has 51 heavy (non-hydrogen) atoms. The smallest absolute Gasteiger partial charge is 0.243 e. The van der Waals surface area contributed by atoms with Crippen molar-refractivity contribution in [3.05, 3.63) is 65.7 Å². The molecule has 0 unspecified atom stereocenters. The largest absolute Gasteiger partial charge is 0.470 e. The molecule has 0 aliphatic carbocycles. The normalized spacial score (nSPS) is 12.3. The Morgan fingerprint density at radius 2 is 1.49 bits per heavy atom. The number of carbonyl (C=O) groups is 4. The molecule has 2 aromatic rings. The van der Waals surface area contributed by atoms with Crippen molar-refractivity contribution in [2.45, 2.75) is 119 Å². The van der Waals surface area contributed by atoms with Crippen molar-refractivity contribution in [3.8, 4) is 0 Å². The minimum atomic E-state index is -0.870. The van der Waals surface area contributed by atoms with Crippen molar-refractivity contribution in [1.29, 1.82) is 0 Å². The summed E-state index contributed by atoms with van der Waals surface area (Å²) < 4.78 is 10.9. The van der Waals surface area contributed by atoms with E-state index >= 15 is 0 Å². The molecule has 11 heteroatoms. The Morgan fingerprint density at radius 3 is 2.02 bits per heavy atom. The Bertz CT molecular complexity index is 1350. The molecule has 0 aliphatic heterocycles. The maximum absolute atomic E-state index is 13.5. The number of amides is 3. The van der Waals surface area contributed by atoms with Crippen LogP contribution in [-0.2, 0) is 30.5 Å². The number of ether oxygens (including phenoxy) is 2. The molecular weight excluding hydrogens is 643 g/mol. The van der Waals surface area contributed by atoms with Crippen molar-refractivity contribution >= 4 is 37.1 Å². The highest BCUT2D eigenvalue weighted by atomic mass is 16.5. The minimum Gasteiger partial charge on any atom is -0.470 e. The number of unbranched alkanes of at least 4 members (excludes halogenated alkanes) is 1. The van der Waals surface area contributed by atoms with Gasteiger partial charge in [-0.2, -0.15) is 0 Å². The predicted octanol–water partition coefficient (Wildman–Crippen LogP) is 6.83. The van der Waals surface area contributed by atoms with E-state index in [2.05, 4.69) is 76.5 Å². The van der Waals surface area contributed by atoms with E-state index < -0.39 is 29.1 Å². The van der Waals surface area contributed by atoms with Crippen LogP contribution >= 0.6 is 0 Å². The molecule has 282 valence electrons. The highest BCUT2D eigenvalue weighted by molar-refractivity contribution is 6.55. The quantitative estimate of drug-likeness (QED) is 0.0872. The first-order valence-electron chi connectivity index (χ1n) is 18.0. The summed E-state index contributed by atoms with van der Waals surface area (Å²) in [7, 11) is 4.98. The molecule has 2 aromatic carbocycles. The van der Waals surface area contributed by atoms with Gasteiger partial charge in [0, 0.05) is 17.7 Å². The number of nitrogens with two attached hydrogens (primary N) is 1. The fraction of sp³-hybridized carbons (Fsp3) is 0.600. The van der Waals surface area contributed by atoms with Gasteiger partial charge in [0.2, 0.25) is 31.4 Å². The van der Waals surface area contributed by atoms with Crippen LogP contribution in [0.2, 0.25) is 0 Å². The van der Waals surface area contributed by atoms with Gasteiger partial charge in [0.15, 0.2) is 0 Å². The van der Waals surface area contributed by atoms with Crippen LogP contribution in [0, 0.1) is 23.7 Å². The second-order valence-electron chi connectivity index (χ2n) is 15.7. The Balaban J connectivity index is 0.00000164. The molecule has 10 nitrogen and oxygen atoms in total. The van der Waals surface area contributed by atoms with E-state index in [1.54, 1.807) is 24.3 Å². The summed E-state index contributed by atoms with van der Waals surface area (Å²) in [6.07, 6.45) is 4.13. The zero-order valence-electron chi connectivity index (χ0n) is 32.5. The second kappa shape index (κ2) is 22.3. The summed E-state index contributed by atoms with van der Waals surface area (Å²) in [6, 6.07) is 16.1. The monoisotopic (exact) mass is 706 g/mol. The molecule has 0 saturated heterocycles. The second-order valence-corrected chi connectivity index (χ2v) is 15.7. The predicted molar refractivity (Wildman–Crippen MR) is 206 cm³/mol. The van der Waals surface area contributed by atoms with Crippen LogP contribution < -0.4 is 21.7 Å². The number of nitrogens with one attached hydrogen (secondary N) is 3. The average molecular weight is 707 g/mol. The lowest BCUT2D eigenvalue weighted by molar-refractivity contribution is -0.136. The molecule has 0 aromatic heterocycles. The van der Waals surface area contributed by atoms with Gasteiger partial charge in [-0.3, -0.25) is 19.2 Å². The lowest BCUT2D eigenvalue weighted by Gasteiger charge is -2.39. The third-order valence-electron chi connectivity index (χ3n) is 8.18. The molecule has 1 atom stereocenters. The Kier molecular flexibility index (Phi) is 19.8. The molecule has 0 fully saturated rings. The fourth-order valence-corrected chi connectivity index (χ4v) is 6.10. The maximum atomic E-state index is 13.5. The summed E-state index contributed by atoms with van der Waals surface area (Å²) in [6.45, 7) is 19.6. The molecule has 0 heterocycles. The molecule has 0 bridgehead atoms. The van der Waals surface area contributed by atoms with Crippen molar-refractivity contribution < 1.29 is 28.7 Å². The van der Waals surface area contributed by atoms with Crippen molar-refractivity contribution in [3.63, 3.8) is 0 Å². The van der Waals surface area contributed by atoms with Crippen LogP contribution in [0.25, 0.3) is 0 Å². The van der Waals surface area contributed by atoms with E-state index in [9.17, 15) is 19.2 Å². The first-order chi connectivity index (χ1) is 23.7. The van der Waals surface area contributed by atoms with Crippen molar-refractivity contribution in [2.75, 3.05) is 25.0 Å². The number of anilines is 1.